The fraction of sp³-hybridized carbons (Fsp3) is 0.227. The maximum absolute atomic E-state index is 13.8. The first-order chi connectivity index (χ1) is 14.4. The Labute approximate surface area is 172 Å². The second-order valence-electron chi connectivity index (χ2n) is 6.68. The van der Waals surface area contributed by atoms with Crippen molar-refractivity contribution in [1.82, 2.24) is 9.88 Å². The summed E-state index contributed by atoms with van der Waals surface area (Å²) in [6.45, 7) is 0.373. The molecule has 0 atom stereocenters. The number of oxazole rings is 1. The number of esters is 1. The molecule has 30 heavy (non-hydrogen) atoms. The average molecular weight is 414 g/mol. The van der Waals surface area contributed by atoms with Crippen molar-refractivity contribution in [2.24, 2.45) is 0 Å². The van der Waals surface area contributed by atoms with Gasteiger partial charge in [0.15, 0.2) is 11.7 Å². The number of methoxy groups -OCH3 is 1. The molecule has 1 heterocycles. The normalized spacial score (nSPS) is 10.7. The van der Waals surface area contributed by atoms with Crippen LogP contribution in [0.4, 0.5) is 8.78 Å². The fourth-order valence-electron chi connectivity index (χ4n) is 2.87. The molecule has 0 fully saturated rings. The van der Waals surface area contributed by atoms with Crippen molar-refractivity contribution in [3.05, 3.63) is 77.3 Å². The van der Waals surface area contributed by atoms with Gasteiger partial charge in [0.1, 0.15) is 11.6 Å². The summed E-state index contributed by atoms with van der Waals surface area (Å²) in [4.78, 5) is 29.5. The molecule has 0 saturated carbocycles. The third kappa shape index (κ3) is 5.08. The number of hydrogen-bond acceptors (Lipinski definition) is 5. The molecule has 156 valence electrons. The van der Waals surface area contributed by atoms with Gasteiger partial charge in [-0.25, -0.2) is 18.6 Å². The molecule has 0 aliphatic carbocycles. The third-order valence-electron chi connectivity index (χ3n) is 4.52. The minimum atomic E-state index is -0.744. The van der Waals surface area contributed by atoms with Crippen molar-refractivity contribution in [2.75, 3.05) is 14.2 Å². The zero-order chi connectivity index (χ0) is 21.7. The Hall–Kier alpha value is -3.55. The maximum atomic E-state index is 13.8. The van der Waals surface area contributed by atoms with Gasteiger partial charge in [0.05, 0.1) is 24.4 Å². The average Bonchev–Trinajstić information content (AvgIpc) is 3.20. The van der Waals surface area contributed by atoms with E-state index in [1.165, 1.54) is 19.4 Å². The molecule has 8 heteroatoms. The van der Waals surface area contributed by atoms with Gasteiger partial charge in [0.2, 0.25) is 5.91 Å². The predicted octanol–water partition coefficient (Wildman–Crippen LogP) is 4.00. The van der Waals surface area contributed by atoms with Crippen molar-refractivity contribution in [3.63, 3.8) is 0 Å². The van der Waals surface area contributed by atoms with Crippen molar-refractivity contribution >= 4 is 11.9 Å². The first kappa shape index (κ1) is 21.2. The van der Waals surface area contributed by atoms with Gasteiger partial charge in [-0.3, -0.25) is 4.79 Å². The maximum Gasteiger partial charge on any atom is 0.337 e. The number of hydrogen-bond donors (Lipinski definition) is 0. The number of rotatable bonds is 7. The molecule has 0 bridgehead atoms. The van der Waals surface area contributed by atoms with Crippen LogP contribution in [0.25, 0.3) is 11.3 Å². The molecule has 0 saturated heterocycles. The molecule has 0 aliphatic heterocycles. The zero-order valence-corrected chi connectivity index (χ0v) is 16.5. The standard InChI is InChI=1S/C22H20F2N2O4/c1-26(13-14-3-5-15(6-4-14)22(28)29-2)21(27)10-9-20-25-12-19(30-20)17-8-7-16(23)11-18(17)24/h3-8,11-12H,9-10,13H2,1-2H3. The summed E-state index contributed by atoms with van der Waals surface area (Å²) in [6, 6.07) is 9.98. The van der Waals surface area contributed by atoms with Crippen LogP contribution in [0.15, 0.2) is 53.1 Å². The van der Waals surface area contributed by atoms with E-state index in [0.717, 1.165) is 17.7 Å². The minimum Gasteiger partial charge on any atom is -0.465 e. The highest BCUT2D eigenvalue weighted by Crippen LogP contribution is 2.24. The lowest BCUT2D eigenvalue weighted by Gasteiger charge is -2.17. The predicted molar refractivity (Wildman–Crippen MR) is 104 cm³/mol. The Morgan fingerprint density at radius 2 is 1.87 bits per heavy atom. The second-order valence-corrected chi connectivity index (χ2v) is 6.68. The molecule has 0 N–H and O–H groups in total. The van der Waals surface area contributed by atoms with Gasteiger partial charge in [0.25, 0.3) is 0 Å². The van der Waals surface area contributed by atoms with Crippen LogP contribution < -0.4 is 0 Å². The van der Waals surface area contributed by atoms with Crippen molar-refractivity contribution in [2.45, 2.75) is 19.4 Å². The number of aryl methyl sites for hydroxylation is 1. The number of halogens is 2. The summed E-state index contributed by atoms with van der Waals surface area (Å²) < 4.78 is 37.0. The van der Waals surface area contributed by atoms with Crippen LogP contribution in [-0.2, 0) is 22.5 Å². The van der Waals surface area contributed by atoms with Crippen LogP contribution in [0.5, 0.6) is 0 Å². The van der Waals surface area contributed by atoms with Gasteiger partial charge in [-0.05, 0) is 29.8 Å². The first-order valence-corrected chi connectivity index (χ1v) is 9.18. The Balaban J connectivity index is 1.55. The van der Waals surface area contributed by atoms with Crippen LogP contribution in [0.3, 0.4) is 0 Å². The van der Waals surface area contributed by atoms with E-state index in [2.05, 4.69) is 9.72 Å². The van der Waals surface area contributed by atoms with E-state index < -0.39 is 17.6 Å². The molecule has 3 aromatic rings. The lowest BCUT2D eigenvalue weighted by Crippen LogP contribution is -2.26. The van der Waals surface area contributed by atoms with E-state index in [9.17, 15) is 18.4 Å². The molecule has 1 aromatic heterocycles. The Morgan fingerprint density at radius 3 is 2.53 bits per heavy atom. The summed E-state index contributed by atoms with van der Waals surface area (Å²) >= 11 is 0. The van der Waals surface area contributed by atoms with Gasteiger partial charge >= 0.3 is 5.97 Å². The van der Waals surface area contributed by atoms with Crippen LogP contribution in [-0.4, -0.2) is 35.9 Å². The summed E-state index contributed by atoms with van der Waals surface area (Å²) in [5.74, 6) is -1.50. The third-order valence-corrected chi connectivity index (χ3v) is 4.52. The molecule has 0 unspecified atom stereocenters. The lowest BCUT2D eigenvalue weighted by atomic mass is 10.1. The Bertz CT molecular complexity index is 1050. The van der Waals surface area contributed by atoms with Crippen LogP contribution in [0.1, 0.15) is 28.2 Å². The Kier molecular flexibility index (Phi) is 6.56. The summed E-state index contributed by atoms with van der Waals surface area (Å²) in [5.41, 5.74) is 1.41. The number of carbonyl (C=O) groups excluding carboxylic acids is 2. The van der Waals surface area contributed by atoms with Gasteiger partial charge < -0.3 is 14.1 Å². The zero-order valence-electron chi connectivity index (χ0n) is 16.5. The van der Waals surface area contributed by atoms with Gasteiger partial charge in [0, 0.05) is 32.5 Å². The topological polar surface area (TPSA) is 72.6 Å². The van der Waals surface area contributed by atoms with E-state index in [1.54, 1.807) is 36.2 Å². The number of carbonyl (C=O) groups is 2. The second kappa shape index (κ2) is 9.30. The largest absolute Gasteiger partial charge is 0.465 e. The van der Waals surface area contributed by atoms with Crippen LogP contribution >= 0.6 is 0 Å². The number of amides is 1. The summed E-state index contributed by atoms with van der Waals surface area (Å²) in [7, 11) is 2.99. The van der Waals surface area contributed by atoms with Crippen molar-refractivity contribution in [1.29, 1.82) is 0 Å². The number of ether oxygens (including phenoxy) is 1. The molecular formula is C22H20F2N2O4. The van der Waals surface area contributed by atoms with Crippen molar-refractivity contribution in [3.8, 4) is 11.3 Å². The quantitative estimate of drug-likeness (QED) is 0.547. The number of nitrogens with zero attached hydrogens (tertiary/aromatic N) is 2. The van der Waals surface area contributed by atoms with Crippen LogP contribution in [0, 0.1) is 11.6 Å². The molecule has 0 radical (unpaired) electrons. The fourth-order valence-corrected chi connectivity index (χ4v) is 2.87. The molecule has 3 rings (SSSR count). The van der Waals surface area contributed by atoms with E-state index in [4.69, 9.17) is 4.42 Å². The lowest BCUT2D eigenvalue weighted by molar-refractivity contribution is -0.130. The number of aromatic nitrogens is 1. The summed E-state index contributed by atoms with van der Waals surface area (Å²) in [6.07, 6.45) is 1.75. The first-order valence-electron chi connectivity index (χ1n) is 9.18. The van der Waals surface area contributed by atoms with Crippen molar-refractivity contribution < 1.29 is 27.5 Å². The summed E-state index contributed by atoms with van der Waals surface area (Å²) in [5, 5.41) is 0. The molecule has 0 spiro atoms. The van der Waals surface area contributed by atoms with Gasteiger partial charge in [-0.2, -0.15) is 0 Å². The monoisotopic (exact) mass is 414 g/mol. The van der Waals surface area contributed by atoms with E-state index in [1.807, 2.05) is 0 Å². The minimum absolute atomic E-state index is 0.106. The molecule has 0 aliphatic rings. The van der Waals surface area contributed by atoms with Crippen LogP contribution in [0.2, 0.25) is 0 Å². The molecule has 1 amide bonds. The molecular weight excluding hydrogens is 394 g/mol. The van der Waals surface area contributed by atoms with E-state index >= 15 is 0 Å². The van der Waals surface area contributed by atoms with E-state index in [-0.39, 0.29) is 36.0 Å². The van der Waals surface area contributed by atoms with E-state index in [0.29, 0.717) is 12.1 Å². The SMILES string of the molecule is COC(=O)c1ccc(CN(C)C(=O)CCc2ncc(-c3ccc(F)cc3F)o2)cc1. The smallest absolute Gasteiger partial charge is 0.337 e. The van der Waals surface area contributed by atoms with Gasteiger partial charge in [-0.1, -0.05) is 12.1 Å². The highest BCUT2D eigenvalue weighted by molar-refractivity contribution is 5.89. The Morgan fingerprint density at radius 1 is 1.13 bits per heavy atom. The molecule has 6 nitrogen and oxygen atoms in total. The van der Waals surface area contributed by atoms with Gasteiger partial charge in [-0.15, -0.1) is 0 Å². The highest BCUT2D eigenvalue weighted by Gasteiger charge is 2.15. The highest BCUT2D eigenvalue weighted by atomic mass is 19.1. The molecule has 2 aromatic carbocycles. The number of benzene rings is 2.